The predicted molar refractivity (Wildman–Crippen MR) is 59.2 cm³/mol. The van der Waals surface area contributed by atoms with Gasteiger partial charge in [0.15, 0.2) is 0 Å². The molecule has 1 aromatic rings. The quantitative estimate of drug-likeness (QED) is 0.709. The highest BCUT2D eigenvalue weighted by Crippen LogP contribution is 2.36. The van der Waals surface area contributed by atoms with Gasteiger partial charge in [-0.15, -0.1) is 0 Å². The van der Waals surface area contributed by atoms with Gasteiger partial charge in [-0.05, 0) is 23.8 Å². The molecular weight excluding hydrogens is 213 g/mol. The van der Waals surface area contributed by atoms with E-state index < -0.39 is 18.0 Å². The number of aryl methyl sites for hydroxylation is 1. The van der Waals surface area contributed by atoms with Crippen molar-refractivity contribution in [1.29, 1.82) is 0 Å². The zero-order valence-electron chi connectivity index (χ0n) is 9.64. The Bertz CT molecular complexity index is 312. The Labute approximate surface area is 94.5 Å². The molecule has 3 heteroatoms. The maximum absolute atomic E-state index is 12.3. The second kappa shape index (κ2) is 4.89. The Hall–Kier alpha value is -0.990. The topological polar surface area (TPSA) is 0 Å². The van der Waals surface area contributed by atoms with Gasteiger partial charge in [0.1, 0.15) is 0 Å². The van der Waals surface area contributed by atoms with Gasteiger partial charge in [-0.2, -0.15) is 13.2 Å². The molecule has 0 radical (unpaired) electrons. The van der Waals surface area contributed by atoms with Crippen molar-refractivity contribution in [3.8, 4) is 0 Å². The third kappa shape index (κ3) is 5.19. The van der Waals surface area contributed by atoms with Crippen LogP contribution in [0.15, 0.2) is 30.3 Å². The average Bonchev–Trinajstić information content (AvgIpc) is 2.13. The van der Waals surface area contributed by atoms with Gasteiger partial charge in [0.2, 0.25) is 0 Å². The SMILES string of the molecule is CC(C)(CCc1ccccc1)CC(F)(F)F. The molecule has 0 aliphatic rings. The number of benzene rings is 1. The summed E-state index contributed by atoms with van der Waals surface area (Å²) in [5.74, 6) is 0. The van der Waals surface area contributed by atoms with E-state index in [-0.39, 0.29) is 0 Å². The molecule has 0 atom stereocenters. The summed E-state index contributed by atoms with van der Waals surface area (Å²) in [7, 11) is 0. The molecule has 16 heavy (non-hydrogen) atoms. The second-order valence-corrected chi connectivity index (χ2v) is 4.94. The van der Waals surface area contributed by atoms with Gasteiger partial charge in [-0.1, -0.05) is 44.2 Å². The van der Waals surface area contributed by atoms with Gasteiger partial charge in [0.25, 0.3) is 0 Å². The van der Waals surface area contributed by atoms with Gasteiger partial charge in [-0.25, -0.2) is 0 Å². The average molecular weight is 230 g/mol. The van der Waals surface area contributed by atoms with Crippen LogP contribution in [0.3, 0.4) is 0 Å². The third-order valence-corrected chi connectivity index (χ3v) is 2.61. The lowest BCUT2D eigenvalue weighted by Gasteiger charge is -2.25. The molecule has 0 aliphatic carbocycles. The van der Waals surface area contributed by atoms with Crippen molar-refractivity contribution in [3.05, 3.63) is 35.9 Å². The summed E-state index contributed by atoms with van der Waals surface area (Å²) >= 11 is 0. The Morgan fingerprint density at radius 1 is 1.00 bits per heavy atom. The van der Waals surface area contributed by atoms with Crippen molar-refractivity contribution < 1.29 is 13.2 Å². The van der Waals surface area contributed by atoms with E-state index in [1.807, 2.05) is 30.3 Å². The highest BCUT2D eigenvalue weighted by molar-refractivity contribution is 5.14. The molecule has 0 bridgehead atoms. The molecule has 0 fully saturated rings. The van der Waals surface area contributed by atoms with Gasteiger partial charge in [0, 0.05) is 6.42 Å². The summed E-state index contributed by atoms with van der Waals surface area (Å²) in [5.41, 5.74) is 0.409. The van der Waals surface area contributed by atoms with Gasteiger partial charge in [-0.3, -0.25) is 0 Å². The Morgan fingerprint density at radius 2 is 1.56 bits per heavy atom. The molecule has 0 N–H and O–H groups in total. The summed E-state index contributed by atoms with van der Waals surface area (Å²) in [6.07, 6.45) is -3.53. The van der Waals surface area contributed by atoms with Crippen LogP contribution in [0.25, 0.3) is 0 Å². The Kier molecular flexibility index (Phi) is 4.00. The lowest BCUT2D eigenvalue weighted by molar-refractivity contribution is -0.155. The molecule has 0 aliphatic heterocycles. The fourth-order valence-corrected chi connectivity index (χ4v) is 1.76. The molecule has 0 nitrogen and oxygen atoms in total. The van der Waals surface area contributed by atoms with Crippen LogP contribution < -0.4 is 0 Å². The molecule has 90 valence electrons. The van der Waals surface area contributed by atoms with E-state index in [4.69, 9.17) is 0 Å². The first kappa shape index (κ1) is 13.1. The van der Waals surface area contributed by atoms with Gasteiger partial charge < -0.3 is 0 Å². The van der Waals surface area contributed by atoms with Crippen LogP contribution in [-0.2, 0) is 6.42 Å². The minimum absolute atomic E-state index is 0.552. The first-order valence-electron chi connectivity index (χ1n) is 5.39. The number of hydrogen-bond acceptors (Lipinski definition) is 0. The van der Waals surface area contributed by atoms with Crippen molar-refractivity contribution in [3.63, 3.8) is 0 Å². The van der Waals surface area contributed by atoms with Crippen LogP contribution >= 0.6 is 0 Å². The van der Waals surface area contributed by atoms with E-state index in [0.717, 1.165) is 5.56 Å². The molecular formula is C13H17F3. The van der Waals surface area contributed by atoms with Gasteiger partial charge >= 0.3 is 6.18 Å². The highest BCUT2D eigenvalue weighted by atomic mass is 19.4. The summed E-state index contributed by atoms with van der Waals surface area (Å²) in [6, 6.07) is 9.62. The molecule has 0 heterocycles. The molecule has 0 amide bonds. The minimum Gasteiger partial charge on any atom is -0.171 e. The van der Waals surface area contributed by atoms with E-state index in [1.165, 1.54) is 0 Å². The lowest BCUT2D eigenvalue weighted by atomic mass is 9.83. The number of hydrogen-bond donors (Lipinski definition) is 0. The Morgan fingerprint density at radius 3 is 2.06 bits per heavy atom. The second-order valence-electron chi connectivity index (χ2n) is 4.94. The van der Waals surface area contributed by atoms with E-state index in [9.17, 15) is 13.2 Å². The summed E-state index contributed by atoms with van der Waals surface area (Å²) in [5, 5.41) is 0. The molecule has 0 spiro atoms. The predicted octanol–water partition coefficient (Wildman–Crippen LogP) is 4.60. The van der Waals surface area contributed by atoms with Crippen molar-refractivity contribution >= 4 is 0 Å². The normalized spacial score (nSPS) is 12.8. The highest BCUT2D eigenvalue weighted by Gasteiger charge is 2.35. The van der Waals surface area contributed by atoms with E-state index in [1.54, 1.807) is 13.8 Å². The minimum atomic E-state index is -4.07. The molecule has 0 saturated heterocycles. The third-order valence-electron chi connectivity index (χ3n) is 2.61. The van der Waals surface area contributed by atoms with Crippen molar-refractivity contribution in [2.24, 2.45) is 5.41 Å². The summed E-state index contributed by atoms with van der Waals surface area (Å²) < 4.78 is 36.8. The fourth-order valence-electron chi connectivity index (χ4n) is 1.76. The molecule has 0 saturated carbocycles. The smallest absolute Gasteiger partial charge is 0.171 e. The zero-order valence-corrected chi connectivity index (χ0v) is 9.64. The number of alkyl halides is 3. The van der Waals surface area contributed by atoms with E-state index >= 15 is 0 Å². The maximum Gasteiger partial charge on any atom is 0.389 e. The molecule has 0 unspecified atom stereocenters. The lowest BCUT2D eigenvalue weighted by Crippen LogP contribution is -2.22. The fraction of sp³-hybridized carbons (Fsp3) is 0.538. The summed E-state index contributed by atoms with van der Waals surface area (Å²) in [4.78, 5) is 0. The largest absolute Gasteiger partial charge is 0.389 e. The first-order valence-corrected chi connectivity index (χ1v) is 5.39. The molecule has 1 aromatic carbocycles. The zero-order chi connectivity index (χ0) is 12.2. The monoisotopic (exact) mass is 230 g/mol. The van der Waals surface area contributed by atoms with Crippen LogP contribution in [0.1, 0.15) is 32.3 Å². The molecule has 1 rings (SSSR count). The standard InChI is InChI=1S/C13H17F3/c1-12(2,10-13(14,15)16)9-8-11-6-4-3-5-7-11/h3-7H,8-10H2,1-2H3. The van der Waals surface area contributed by atoms with Crippen LogP contribution in [0.5, 0.6) is 0 Å². The Balaban J connectivity index is 2.48. The van der Waals surface area contributed by atoms with Crippen LogP contribution in [0.4, 0.5) is 13.2 Å². The van der Waals surface area contributed by atoms with Crippen LogP contribution in [0.2, 0.25) is 0 Å². The van der Waals surface area contributed by atoms with Crippen LogP contribution in [-0.4, -0.2) is 6.18 Å². The van der Waals surface area contributed by atoms with Crippen molar-refractivity contribution in [2.75, 3.05) is 0 Å². The van der Waals surface area contributed by atoms with Crippen molar-refractivity contribution in [2.45, 2.75) is 39.3 Å². The van der Waals surface area contributed by atoms with E-state index in [0.29, 0.717) is 12.8 Å². The van der Waals surface area contributed by atoms with Crippen molar-refractivity contribution in [1.82, 2.24) is 0 Å². The maximum atomic E-state index is 12.3. The number of halogens is 3. The summed E-state index contributed by atoms with van der Waals surface area (Å²) in [6.45, 7) is 3.34. The van der Waals surface area contributed by atoms with E-state index in [2.05, 4.69) is 0 Å². The van der Waals surface area contributed by atoms with Gasteiger partial charge in [0.05, 0.1) is 0 Å². The number of rotatable bonds is 4. The molecule has 0 aromatic heterocycles. The first-order chi connectivity index (χ1) is 7.29. The van der Waals surface area contributed by atoms with Crippen LogP contribution in [0, 0.1) is 5.41 Å².